The van der Waals surface area contributed by atoms with Crippen LogP contribution in [-0.2, 0) is 22.6 Å². The van der Waals surface area contributed by atoms with Crippen molar-refractivity contribution >= 4 is 35.0 Å². The molecule has 0 saturated heterocycles. The molecule has 0 radical (unpaired) electrons. The van der Waals surface area contributed by atoms with Crippen LogP contribution in [0, 0.1) is 0 Å². The minimum absolute atomic E-state index is 0.101. The molecule has 2 rings (SSSR count). The lowest BCUT2D eigenvalue weighted by Gasteiger charge is -2.28. The highest BCUT2D eigenvalue weighted by molar-refractivity contribution is 6.35. The number of rotatable bonds is 6. The number of hydrogen-bond donors (Lipinski definition) is 1. The first kappa shape index (κ1) is 19.3. The van der Waals surface area contributed by atoms with Crippen molar-refractivity contribution in [3.63, 3.8) is 0 Å². The maximum atomic E-state index is 12.9. The van der Waals surface area contributed by atoms with Gasteiger partial charge in [-0.1, -0.05) is 59.6 Å². The van der Waals surface area contributed by atoms with E-state index in [0.29, 0.717) is 22.2 Å². The molecule has 2 aromatic rings. The number of likely N-dealkylation sites (N-methyl/N-ethyl adjacent to an activating group) is 1. The summed E-state index contributed by atoms with van der Waals surface area (Å²) in [6.07, 6.45) is 0.101. The Morgan fingerprint density at radius 3 is 2.40 bits per heavy atom. The van der Waals surface area contributed by atoms with Gasteiger partial charge in [0, 0.05) is 23.6 Å². The van der Waals surface area contributed by atoms with E-state index in [1.165, 1.54) is 0 Å². The Labute approximate surface area is 157 Å². The van der Waals surface area contributed by atoms with E-state index in [0.717, 1.165) is 5.56 Å². The smallest absolute Gasteiger partial charge is 0.242 e. The molecule has 0 fully saturated rings. The van der Waals surface area contributed by atoms with Crippen molar-refractivity contribution in [1.82, 2.24) is 10.2 Å². The molecule has 2 aromatic carbocycles. The van der Waals surface area contributed by atoms with Gasteiger partial charge in [0.1, 0.15) is 6.04 Å². The Morgan fingerprint density at radius 1 is 1.12 bits per heavy atom. The molecule has 25 heavy (non-hydrogen) atoms. The number of hydrogen-bond acceptors (Lipinski definition) is 2. The van der Waals surface area contributed by atoms with E-state index in [1.54, 1.807) is 37.1 Å². The van der Waals surface area contributed by atoms with Gasteiger partial charge in [0.05, 0.1) is 6.42 Å². The quantitative estimate of drug-likeness (QED) is 0.832. The van der Waals surface area contributed by atoms with Gasteiger partial charge in [0.2, 0.25) is 11.8 Å². The molecule has 1 atom stereocenters. The summed E-state index contributed by atoms with van der Waals surface area (Å²) < 4.78 is 0. The van der Waals surface area contributed by atoms with Crippen LogP contribution >= 0.6 is 23.2 Å². The number of nitrogens with zero attached hydrogens (tertiary/aromatic N) is 1. The summed E-state index contributed by atoms with van der Waals surface area (Å²) in [5.74, 6) is -0.393. The standard InChI is InChI=1S/C19H20Cl2N2O2/c1-13(19(25)22-2)23(12-14-6-4-3-5-7-14)18(24)10-15-8-9-16(20)11-17(15)21/h3-9,11,13H,10,12H2,1-2H3,(H,22,25). The lowest BCUT2D eigenvalue weighted by molar-refractivity contribution is -0.139. The van der Waals surface area contributed by atoms with Crippen molar-refractivity contribution in [2.45, 2.75) is 25.9 Å². The van der Waals surface area contributed by atoms with Gasteiger partial charge < -0.3 is 10.2 Å². The summed E-state index contributed by atoms with van der Waals surface area (Å²) in [7, 11) is 1.56. The van der Waals surface area contributed by atoms with E-state index >= 15 is 0 Å². The van der Waals surface area contributed by atoms with E-state index in [2.05, 4.69) is 5.32 Å². The lowest BCUT2D eigenvalue weighted by atomic mass is 10.1. The largest absolute Gasteiger partial charge is 0.357 e. The molecule has 4 nitrogen and oxygen atoms in total. The van der Waals surface area contributed by atoms with E-state index in [1.807, 2.05) is 30.3 Å². The Morgan fingerprint density at radius 2 is 1.80 bits per heavy atom. The zero-order valence-corrected chi connectivity index (χ0v) is 15.6. The average molecular weight is 379 g/mol. The minimum atomic E-state index is -0.594. The molecule has 1 unspecified atom stereocenters. The Balaban J connectivity index is 2.23. The van der Waals surface area contributed by atoms with Crippen molar-refractivity contribution in [3.05, 3.63) is 69.7 Å². The number of carbonyl (C=O) groups is 2. The molecule has 0 aliphatic carbocycles. The van der Waals surface area contributed by atoms with Crippen molar-refractivity contribution in [2.75, 3.05) is 7.05 Å². The first-order chi connectivity index (χ1) is 11.9. The molecule has 0 aliphatic rings. The fourth-order valence-electron chi connectivity index (χ4n) is 2.50. The van der Waals surface area contributed by atoms with Crippen LogP contribution in [0.1, 0.15) is 18.1 Å². The first-order valence-corrected chi connectivity index (χ1v) is 8.67. The molecule has 0 aromatic heterocycles. The van der Waals surface area contributed by atoms with Crippen molar-refractivity contribution < 1.29 is 9.59 Å². The second-order valence-corrected chi connectivity index (χ2v) is 6.55. The summed E-state index contributed by atoms with van der Waals surface area (Å²) >= 11 is 12.1. The number of halogens is 2. The highest BCUT2D eigenvalue weighted by atomic mass is 35.5. The Hall–Kier alpha value is -2.04. The molecule has 0 bridgehead atoms. The van der Waals surface area contributed by atoms with Crippen molar-refractivity contribution in [2.24, 2.45) is 0 Å². The zero-order valence-electron chi connectivity index (χ0n) is 14.1. The van der Waals surface area contributed by atoms with Crippen LogP contribution in [0.5, 0.6) is 0 Å². The normalized spacial score (nSPS) is 11.7. The predicted octanol–water partition coefficient (Wildman–Crippen LogP) is 3.70. The third kappa shape index (κ3) is 5.21. The summed E-state index contributed by atoms with van der Waals surface area (Å²) in [5.41, 5.74) is 1.63. The van der Waals surface area contributed by atoms with E-state index < -0.39 is 6.04 Å². The molecule has 6 heteroatoms. The maximum absolute atomic E-state index is 12.9. The number of carbonyl (C=O) groups excluding carboxylic acids is 2. The molecule has 0 heterocycles. The van der Waals surface area contributed by atoms with Gasteiger partial charge in [0.25, 0.3) is 0 Å². The van der Waals surface area contributed by atoms with Gasteiger partial charge in [-0.3, -0.25) is 9.59 Å². The van der Waals surface area contributed by atoms with Crippen LogP contribution in [0.3, 0.4) is 0 Å². The maximum Gasteiger partial charge on any atom is 0.242 e. The monoisotopic (exact) mass is 378 g/mol. The molecular formula is C19H20Cl2N2O2. The van der Waals surface area contributed by atoms with E-state index in [-0.39, 0.29) is 18.2 Å². The fraction of sp³-hybridized carbons (Fsp3) is 0.263. The van der Waals surface area contributed by atoms with Crippen LogP contribution < -0.4 is 5.32 Å². The van der Waals surface area contributed by atoms with Crippen molar-refractivity contribution in [1.29, 1.82) is 0 Å². The van der Waals surface area contributed by atoms with Gasteiger partial charge in [0.15, 0.2) is 0 Å². The predicted molar refractivity (Wildman–Crippen MR) is 101 cm³/mol. The van der Waals surface area contributed by atoms with Crippen LogP contribution in [0.4, 0.5) is 0 Å². The summed E-state index contributed by atoms with van der Waals surface area (Å²) in [6, 6.07) is 14.0. The summed E-state index contributed by atoms with van der Waals surface area (Å²) in [4.78, 5) is 26.5. The van der Waals surface area contributed by atoms with Gasteiger partial charge >= 0.3 is 0 Å². The molecular weight excluding hydrogens is 359 g/mol. The number of benzene rings is 2. The Bertz CT molecular complexity index is 750. The van der Waals surface area contributed by atoms with Crippen LogP contribution in [-0.4, -0.2) is 29.8 Å². The summed E-state index contributed by atoms with van der Waals surface area (Å²) in [6.45, 7) is 2.06. The molecule has 2 amide bonds. The van der Waals surface area contributed by atoms with Crippen LogP contribution in [0.2, 0.25) is 10.0 Å². The zero-order chi connectivity index (χ0) is 18.4. The Kier molecular flexibility index (Phi) is 6.85. The topological polar surface area (TPSA) is 49.4 Å². The highest BCUT2D eigenvalue weighted by Gasteiger charge is 2.25. The summed E-state index contributed by atoms with van der Waals surface area (Å²) in [5, 5.41) is 3.55. The molecule has 0 aliphatic heterocycles. The van der Waals surface area contributed by atoms with Crippen LogP contribution in [0.25, 0.3) is 0 Å². The average Bonchev–Trinajstić information content (AvgIpc) is 2.61. The van der Waals surface area contributed by atoms with E-state index in [9.17, 15) is 9.59 Å². The second-order valence-electron chi connectivity index (χ2n) is 5.71. The van der Waals surface area contributed by atoms with Gasteiger partial charge in [-0.05, 0) is 30.2 Å². The first-order valence-electron chi connectivity index (χ1n) is 7.91. The van der Waals surface area contributed by atoms with Crippen molar-refractivity contribution in [3.8, 4) is 0 Å². The molecule has 0 saturated carbocycles. The van der Waals surface area contributed by atoms with E-state index in [4.69, 9.17) is 23.2 Å². The third-order valence-electron chi connectivity index (χ3n) is 3.97. The number of amides is 2. The minimum Gasteiger partial charge on any atom is -0.357 e. The SMILES string of the molecule is CNC(=O)C(C)N(Cc1ccccc1)C(=O)Cc1ccc(Cl)cc1Cl. The molecule has 1 N–H and O–H groups in total. The fourth-order valence-corrected chi connectivity index (χ4v) is 2.98. The van der Waals surface area contributed by atoms with Gasteiger partial charge in [-0.25, -0.2) is 0 Å². The van der Waals surface area contributed by atoms with Crippen LogP contribution in [0.15, 0.2) is 48.5 Å². The molecule has 132 valence electrons. The lowest BCUT2D eigenvalue weighted by Crippen LogP contribution is -2.47. The number of nitrogens with one attached hydrogen (secondary N) is 1. The van der Waals surface area contributed by atoms with Gasteiger partial charge in [-0.15, -0.1) is 0 Å². The van der Waals surface area contributed by atoms with Gasteiger partial charge in [-0.2, -0.15) is 0 Å². The highest BCUT2D eigenvalue weighted by Crippen LogP contribution is 2.22. The molecule has 0 spiro atoms. The second kappa shape index (κ2) is 8.88. The third-order valence-corrected chi connectivity index (χ3v) is 4.55.